The number of hydrogen-bond donors (Lipinski definition) is 1. The van der Waals surface area contributed by atoms with Crippen molar-refractivity contribution in [2.45, 2.75) is 18.4 Å². The Balaban J connectivity index is 2.01. The van der Waals surface area contributed by atoms with Crippen molar-refractivity contribution in [1.29, 1.82) is 5.26 Å². The van der Waals surface area contributed by atoms with E-state index in [1.165, 1.54) is 5.56 Å². The maximum atomic E-state index is 9.71. The van der Waals surface area contributed by atoms with E-state index in [0.29, 0.717) is 5.02 Å². The maximum absolute atomic E-state index is 9.71. The summed E-state index contributed by atoms with van der Waals surface area (Å²) >= 11 is 9.49. The molecule has 0 saturated heterocycles. The molecule has 1 unspecified atom stereocenters. The molecule has 0 aliphatic heterocycles. The largest absolute Gasteiger partial charge is 0.364 e. The minimum Gasteiger partial charge on any atom is -0.364 e. The molecule has 0 saturated carbocycles. The van der Waals surface area contributed by atoms with E-state index in [1.54, 1.807) is 0 Å². The van der Waals surface area contributed by atoms with E-state index in [1.807, 2.05) is 36.4 Å². The van der Waals surface area contributed by atoms with Crippen LogP contribution >= 0.6 is 27.5 Å². The van der Waals surface area contributed by atoms with Gasteiger partial charge in [-0.2, -0.15) is 5.26 Å². The van der Waals surface area contributed by atoms with Crippen molar-refractivity contribution in [3.05, 3.63) is 63.1 Å². The summed E-state index contributed by atoms with van der Waals surface area (Å²) in [5.41, 5.74) is 2.48. The van der Waals surface area contributed by atoms with Crippen LogP contribution in [0.25, 0.3) is 0 Å². The molecule has 0 radical (unpaired) electrons. The fourth-order valence-electron chi connectivity index (χ4n) is 2.73. The van der Waals surface area contributed by atoms with Crippen LogP contribution in [-0.2, 0) is 12.0 Å². The monoisotopic (exact) mass is 346 g/mol. The van der Waals surface area contributed by atoms with Gasteiger partial charge in [-0.05, 0) is 54.3 Å². The van der Waals surface area contributed by atoms with Gasteiger partial charge in [0.1, 0.15) is 0 Å². The highest BCUT2D eigenvalue weighted by Crippen LogP contribution is 2.40. The number of nitrogens with one attached hydrogen (secondary N) is 1. The van der Waals surface area contributed by atoms with Crippen LogP contribution in [0.2, 0.25) is 5.02 Å². The lowest BCUT2D eigenvalue weighted by atomic mass is 9.93. The molecule has 2 aromatic rings. The Hall–Kier alpha value is -1.50. The Labute approximate surface area is 131 Å². The summed E-state index contributed by atoms with van der Waals surface area (Å²) in [6.45, 7) is 0. The number of nitrogens with zero attached hydrogens (tertiary/aromatic N) is 1. The van der Waals surface area contributed by atoms with E-state index in [-0.39, 0.29) is 0 Å². The average molecular weight is 348 g/mol. The molecular formula is C16H12BrClN2. The van der Waals surface area contributed by atoms with Crippen molar-refractivity contribution in [1.82, 2.24) is 0 Å². The van der Waals surface area contributed by atoms with E-state index < -0.39 is 5.54 Å². The second kappa shape index (κ2) is 5.12. The summed E-state index contributed by atoms with van der Waals surface area (Å²) in [5, 5.41) is 13.7. The SMILES string of the molecule is N#CC1(Nc2cccc(Cl)c2)CCc2cc(Br)ccc21. The Bertz CT molecular complexity index is 708. The van der Waals surface area contributed by atoms with Crippen molar-refractivity contribution in [3.63, 3.8) is 0 Å². The first kappa shape index (κ1) is 13.5. The van der Waals surface area contributed by atoms with Gasteiger partial charge in [0.25, 0.3) is 0 Å². The molecule has 1 atom stereocenters. The Morgan fingerprint density at radius 1 is 1.25 bits per heavy atom. The normalized spacial score (nSPS) is 20.2. The topological polar surface area (TPSA) is 35.8 Å². The molecule has 2 aromatic carbocycles. The second-order valence-corrected chi connectivity index (χ2v) is 6.31. The van der Waals surface area contributed by atoms with Crippen LogP contribution < -0.4 is 5.32 Å². The lowest BCUT2D eigenvalue weighted by Crippen LogP contribution is -2.31. The lowest BCUT2D eigenvalue weighted by molar-refractivity contribution is 0.621. The van der Waals surface area contributed by atoms with Gasteiger partial charge in [0.05, 0.1) is 6.07 Å². The van der Waals surface area contributed by atoms with E-state index in [4.69, 9.17) is 11.6 Å². The molecule has 0 amide bonds. The van der Waals surface area contributed by atoms with Crippen LogP contribution in [0.3, 0.4) is 0 Å². The summed E-state index contributed by atoms with van der Waals surface area (Å²) in [7, 11) is 0. The minimum atomic E-state index is -0.666. The molecule has 1 aliphatic carbocycles. The van der Waals surface area contributed by atoms with Crippen molar-refractivity contribution < 1.29 is 0 Å². The standard InChI is InChI=1S/C16H12BrClN2/c17-12-4-5-15-11(8-12)6-7-16(15,10-19)20-14-3-1-2-13(18)9-14/h1-5,8-9,20H,6-7H2. The van der Waals surface area contributed by atoms with Crippen LogP contribution in [0.15, 0.2) is 46.9 Å². The Morgan fingerprint density at radius 3 is 2.85 bits per heavy atom. The third kappa shape index (κ3) is 2.30. The molecule has 0 heterocycles. The van der Waals surface area contributed by atoms with Gasteiger partial charge in [0.15, 0.2) is 5.54 Å². The highest BCUT2D eigenvalue weighted by Gasteiger charge is 2.39. The average Bonchev–Trinajstić information content (AvgIpc) is 2.77. The molecule has 20 heavy (non-hydrogen) atoms. The molecule has 0 spiro atoms. The maximum Gasteiger partial charge on any atom is 0.151 e. The number of halogens is 2. The van der Waals surface area contributed by atoms with Gasteiger partial charge in [-0.15, -0.1) is 0 Å². The van der Waals surface area contributed by atoms with Crippen LogP contribution in [0.4, 0.5) is 5.69 Å². The van der Waals surface area contributed by atoms with Gasteiger partial charge in [-0.3, -0.25) is 0 Å². The highest BCUT2D eigenvalue weighted by molar-refractivity contribution is 9.10. The first-order chi connectivity index (χ1) is 9.63. The predicted octanol–water partition coefficient (Wildman–Crippen LogP) is 4.88. The summed E-state index contributed by atoms with van der Waals surface area (Å²) in [6.07, 6.45) is 1.66. The number of fused-ring (bicyclic) bond motifs is 1. The van der Waals surface area contributed by atoms with Crippen molar-refractivity contribution >= 4 is 33.2 Å². The number of hydrogen-bond acceptors (Lipinski definition) is 2. The quantitative estimate of drug-likeness (QED) is 0.840. The molecule has 0 fully saturated rings. The third-order valence-corrected chi connectivity index (χ3v) is 4.40. The number of benzene rings is 2. The molecule has 0 aromatic heterocycles. The number of aryl methyl sites for hydroxylation is 1. The number of rotatable bonds is 2. The summed E-state index contributed by atoms with van der Waals surface area (Å²) in [5.74, 6) is 0. The molecule has 1 N–H and O–H groups in total. The molecular weight excluding hydrogens is 336 g/mol. The molecule has 0 bridgehead atoms. The zero-order valence-electron chi connectivity index (χ0n) is 10.7. The summed E-state index contributed by atoms with van der Waals surface area (Å²) in [4.78, 5) is 0. The molecule has 2 nitrogen and oxygen atoms in total. The Kier molecular flexibility index (Phi) is 3.45. The first-order valence-corrected chi connectivity index (χ1v) is 7.54. The lowest BCUT2D eigenvalue weighted by Gasteiger charge is -2.25. The summed E-state index contributed by atoms with van der Waals surface area (Å²) in [6, 6.07) is 16.0. The van der Waals surface area contributed by atoms with Crippen LogP contribution in [0.1, 0.15) is 17.5 Å². The predicted molar refractivity (Wildman–Crippen MR) is 84.8 cm³/mol. The van der Waals surface area contributed by atoms with Gasteiger partial charge >= 0.3 is 0 Å². The highest BCUT2D eigenvalue weighted by atomic mass is 79.9. The van der Waals surface area contributed by atoms with Crippen molar-refractivity contribution in [2.75, 3.05) is 5.32 Å². The van der Waals surface area contributed by atoms with Gasteiger partial charge in [0, 0.05) is 15.2 Å². The summed E-state index contributed by atoms with van der Waals surface area (Å²) < 4.78 is 1.05. The van der Waals surface area contributed by atoms with E-state index in [9.17, 15) is 5.26 Å². The van der Waals surface area contributed by atoms with Gasteiger partial charge < -0.3 is 5.32 Å². The molecule has 100 valence electrons. The second-order valence-electron chi connectivity index (χ2n) is 4.95. The molecule has 3 rings (SSSR count). The fraction of sp³-hybridized carbons (Fsp3) is 0.188. The first-order valence-electron chi connectivity index (χ1n) is 6.37. The minimum absolute atomic E-state index is 0.664. The van der Waals surface area contributed by atoms with Crippen LogP contribution in [-0.4, -0.2) is 0 Å². The van der Waals surface area contributed by atoms with Gasteiger partial charge in [0.2, 0.25) is 0 Å². The van der Waals surface area contributed by atoms with Crippen LogP contribution in [0, 0.1) is 11.3 Å². The van der Waals surface area contributed by atoms with E-state index >= 15 is 0 Å². The number of anilines is 1. The number of nitriles is 1. The zero-order valence-corrected chi connectivity index (χ0v) is 13.0. The fourth-order valence-corrected chi connectivity index (χ4v) is 3.33. The molecule has 4 heteroatoms. The van der Waals surface area contributed by atoms with Crippen LogP contribution in [0.5, 0.6) is 0 Å². The van der Waals surface area contributed by atoms with Gasteiger partial charge in [-0.25, -0.2) is 0 Å². The van der Waals surface area contributed by atoms with Crippen molar-refractivity contribution in [3.8, 4) is 6.07 Å². The Morgan fingerprint density at radius 2 is 2.10 bits per heavy atom. The molecule has 1 aliphatic rings. The third-order valence-electron chi connectivity index (χ3n) is 3.67. The van der Waals surface area contributed by atoms with E-state index in [0.717, 1.165) is 28.6 Å². The van der Waals surface area contributed by atoms with Crippen molar-refractivity contribution in [2.24, 2.45) is 0 Å². The van der Waals surface area contributed by atoms with E-state index in [2.05, 4.69) is 33.4 Å². The van der Waals surface area contributed by atoms with Gasteiger partial charge in [-0.1, -0.05) is 39.7 Å². The zero-order chi connectivity index (χ0) is 14.2. The smallest absolute Gasteiger partial charge is 0.151 e.